The molecule has 0 saturated carbocycles. The van der Waals surface area contributed by atoms with Gasteiger partial charge in [-0.3, -0.25) is 0 Å². The smallest absolute Gasteiger partial charge is 0.340 e. The predicted octanol–water partition coefficient (Wildman–Crippen LogP) is 0.292. The molecule has 1 aliphatic rings. The van der Waals surface area contributed by atoms with Crippen molar-refractivity contribution in [3.05, 3.63) is 24.0 Å². The van der Waals surface area contributed by atoms with Crippen LogP contribution in [0.4, 0.5) is 0 Å². The number of carboxylic acids is 1. The number of aliphatic hydroxyl groups is 1. The third-order valence-corrected chi connectivity index (χ3v) is 1.74. The quantitative estimate of drug-likeness (QED) is 0.625. The van der Waals surface area contributed by atoms with Gasteiger partial charge in [0, 0.05) is 6.42 Å². The molecule has 0 aromatic rings. The molecule has 0 aromatic carbocycles. The molecule has 1 unspecified atom stereocenters. The number of methoxy groups -OCH3 is 1. The second kappa shape index (κ2) is 2.98. The van der Waals surface area contributed by atoms with E-state index in [-0.39, 0.29) is 6.42 Å². The maximum atomic E-state index is 10.5. The van der Waals surface area contributed by atoms with Crippen LogP contribution in [0, 0.1) is 0 Å². The van der Waals surface area contributed by atoms with Crippen molar-refractivity contribution < 1.29 is 19.7 Å². The fourth-order valence-electron chi connectivity index (χ4n) is 0.922. The summed E-state index contributed by atoms with van der Waals surface area (Å²) in [5.74, 6) is -0.675. The van der Waals surface area contributed by atoms with Crippen LogP contribution < -0.4 is 0 Å². The van der Waals surface area contributed by atoms with Crippen LogP contribution >= 0.6 is 0 Å². The molecule has 0 aromatic heterocycles. The molecule has 4 nitrogen and oxygen atoms in total. The molecule has 66 valence electrons. The highest BCUT2D eigenvalue weighted by Gasteiger charge is 2.33. The molecule has 0 bridgehead atoms. The van der Waals surface area contributed by atoms with Gasteiger partial charge in [-0.2, -0.15) is 0 Å². The molecule has 0 saturated heterocycles. The number of ether oxygens (including phenoxy) is 1. The summed E-state index contributed by atoms with van der Waals surface area (Å²) in [6.07, 6.45) is 4.24. The highest BCUT2D eigenvalue weighted by atomic mass is 16.5. The molecular formula is C8H10O4. The molecule has 12 heavy (non-hydrogen) atoms. The lowest BCUT2D eigenvalue weighted by molar-refractivity contribution is -0.153. The fourth-order valence-corrected chi connectivity index (χ4v) is 0.922. The summed E-state index contributed by atoms with van der Waals surface area (Å²) in [7, 11) is 1.49. The molecule has 0 amide bonds. The monoisotopic (exact) mass is 170 g/mol. The lowest BCUT2D eigenvalue weighted by Gasteiger charge is -2.20. The summed E-state index contributed by atoms with van der Waals surface area (Å²) in [4.78, 5) is 10.5. The molecule has 0 fully saturated rings. The number of rotatable bonds is 2. The Morgan fingerprint density at radius 1 is 1.75 bits per heavy atom. The Bertz CT molecular complexity index is 254. The van der Waals surface area contributed by atoms with E-state index in [0.717, 1.165) is 0 Å². The maximum Gasteiger partial charge on any atom is 0.340 e. The van der Waals surface area contributed by atoms with Crippen molar-refractivity contribution in [2.24, 2.45) is 0 Å². The summed E-state index contributed by atoms with van der Waals surface area (Å²) < 4.78 is 4.83. The first-order chi connectivity index (χ1) is 5.58. The average molecular weight is 170 g/mol. The first-order valence-electron chi connectivity index (χ1n) is 3.47. The van der Waals surface area contributed by atoms with Crippen molar-refractivity contribution in [3.63, 3.8) is 0 Å². The Morgan fingerprint density at radius 3 is 2.75 bits per heavy atom. The number of carboxylic acid groups (broad SMARTS) is 1. The molecule has 0 heterocycles. The largest absolute Gasteiger partial charge is 0.497 e. The summed E-state index contributed by atoms with van der Waals surface area (Å²) in [5.41, 5.74) is -1.76. The number of aliphatic carboxylic acids is 1. The van der Waals surface area contributed by atoms with Crippen molar-refractivity contribution in [1.82, 2.24) is 0 Å². The van der Waals surface area contributed by atoms with E-state index in [1.165, 1.54) is 25.3 Å². The molecule has 0 radical (unpaired) electrons. The van der Waals surface area contributed by atoms with Crippen LogP contribution in [0.1, 0.15) is 6.42 Å². The molecular weight excluding hydrogens is 160 g/mol. The predicted molar refractivity (Wildman–Crippen MR) is 41.4 cm³/mol. The zero-order valence-corrected chi connectivity index (χ0v) is 6.65. The van der Waals surface area contributed by atoms with Crippen LogP contribution in [0.3, 0.4) is 0 Å². The standard InChI is InChI=1S/C8H10O4/c1-12-6-2-4-8(11,5-3-6)7(9)10/h2-4,11H,5H2,1H3,(H,9,10). The van der Waals surface area contributed by atoms with Gasteiger partial charge in [-0.15, -0.1) is 0 Å². The minimum Gasteiger partial charge on any atom is -0.497 e. The van der Waals surface area contributed by atoms with Gasteiger partial charge in [0.1, 0.15) is 5.76 Å². The van der Waals surface area contributed by atoms with E-state index in [1.807, 2.05) is 0 Å². The van der Waals surface area contributed by atoms with E-state index in [0.29, 0.717) is 5.76 Å². The third-order valence-electron chi connectivity index (χ3n) is 1.74. The molecule has 4 heteroatoms. The SMILES string of the molecule is COC1=CCC(O)(C(=O)O)C=C1. The highest BCUT2D eigenvalue weighted by molar-refractivity contribution is 5.80. The van der Waals surface area contributed by atoms with Crippen molar-refractivity contribution in [2.75, 3.05) is 7.11 Å². The fraction of sp³-hybridized carbons (Fsp3) is 0.375. The van der Waals surface area contributed by atoms with Gasteiger partial charge in [0.05, 0.1) is 7.11 Å². The van der Waals surface area contributed by atoms with Crippen molar-refractivity contribution in [2.45, 2.75) is 12.0 Å². The Kier molecular flexibility index (Phi) is 2.19. The highest BCUT2D eigenvalue weighted by Crippen LogP contribution is 2.21. The van der Waals surface area contributed by atoms with Gasteiger partial charge in [0.2, 0.25) is 0 Å². The molecule has 1 atom stereocenters. The van der Waals surface area contributed by atoms with Crippen LogP contribution in [0.15, 0.2) is 24.0 Å². The number of carbonyl (C=O) groups is 1. The number of hydrogen-bond acceptors (Lipinski definition) is 3. The van der Waals surface area contributed by atoms with Crippen molar-refractivity contribution in [1.29, 1.82) is 0 Å². The number of hydrogen-bond donors (Lipinski definition) is 2. The molecule has 0 spiro atoms. The Hall–Kier alpha value is -1.29. The zero-order chi connectivity index (χ0) is 9.19. The third kappa shape index (κ3) is 1.48. The van der Waals surface area contributed by atoms with Crippen LogP contribution in [0.5, 0.6) is 0 Å². The lowest BCUT2D eigenvalue weighted by Crippen LogP contribution is -2.36. The second-order valence-electron chi connectivity index (χ2n) is 2.58. The summed E-state index contributed by atoms with van der Waals surface area (Å²) in [6.45, 7) is 0. The van der Waals surface area contributed by atoms with E-state index in [9.17, 15) is 9.90 Å². The lowest BCUT2D eigenvalue weighted by atomic mass is 9.95. The minimum absolute atomic E-state index is 0.0437. The summed E-state index contributed by atoms with van der Waals surface area (Å²) in [6, 6.07) is 0. The summed E-state index contributed by atoms with van der Waals surface area (Å²) in [5, 5.41) is 18.0. The topological polar surface area (TPSA) is 66.8 Å². The van der Waals surface area contributed by atoms with E-state index >= 15 is 0 Å². The van der Waals surface area contributed by atoms with Gasteiger partial charge in [-0.1, -0.05) is 0 Å². The van der Waals surface area contributed by atoms with Crippen LogP contribution in [-0.4, -0.2) is 28.9 Å². The average Bonchev–Trinajstić information content (AvgIpc) is 2.06. The second-order valence-corrected chi connectivity index (χ2v) is 2.58. The molecule has 1 aliphatic carbocycles. The van der Waals surface area contributed by atoms with Gasteiger partial charge in [-0.25, -0.2) is 4.79 Å². The van der Waals surface area contributed by atoms with Gasteiger partial charge >= 0.3 is 5.97 Å². The first kappa shape index (κ1) is 8.80. The molecule has 2 N–H and O–H groups in total. The zero-order valence-electron chi connectivity index (χ0n) is 6.65. The van der Waals surface area contributed by atoms with Crippen LogP contribution in [0.2, 0.25) is 0 Å². The van der Waals surface area contributed by atoms with Gasteiger partial charge in [0.15, 0.2) is 5.60 Å². The Labute approximate surface area is 69.8 Å². The van der Waals surface area contributed by atoms with E-state index in [2.05, 4.69) is 0 Å². The van der Waals surface area contributed by atoms with E-state index < -0.39 is 11.6 Å². The molecule has 1 rings (SSSR count). The summed E-state index contributed by atoms with van der Waals surface area (Å²) >= 11 is 0. The Balaban J connectivity index is 2.76. The van der Waals surface area contributed by atoms with E-state index in [1.54, 1.807) is 0 Å². The van der Waals surface area contributed by atoms with Crippen molar-refractivity contribution >= 4 is 5.97 Å². The number of allylic oxidation sites excluding steroid dienone is 1. The normalized spacial score (nSPS) is 28.0. The van der Waals surface area contributed by atoms with Gasteiger partial charge < -0.3 is 14.9 Å². The Morgan fingerprint density at radius 2 is 2.42 bits per heavy atom. The van der Waals surface area contributed by atoms with Gasteiger partial charge in [-0.05, 0) is 18.2 Å². The van der Waals surface area contributed by atoms with Gasteiger partial charge in [0.25, 0.3) is 0 Å². The van der Waals surface area contributed by atoms with E-state index in [4.69, 9.17) is 9.84 Å². The van der Waals surface area contributed by atoms with Crippen molar-refractivity contribution in [3.8, 4) is 0 Å². The van der Waals surface area contributed by atoms with Crippen LogP contribution in [0.25, 0.3) is 0 Å². The molecule has 0 aliphatic heterocycles. The van der Waals surface area contributed by atoms with Crippen LogP contribution in [-0.2, 0) is 9.53 Å². The minimum atomic E-state index is -1.76. The maximum absolute atomic E-state index is 10.5. The first-order valence-corrected chi connectivity index (χ1v) is 3.47.